The van der Waals surface area contributed by atoms with Gasteiger partial charge in [-0.25, -0.2) is 9.79 Å². The molecule has 12 heteroatoms. The summed E-state index contributed by atoms with van der Waals surface area (Å²) in [5, 5.41) is 10.9. The molecule has 0 fully saturated rings. The molecule has 1 atom stereocenters. The molecule has 0 amide bonds. The van der Waals surface area contributed by atoms with Crippen LogP contribution in [0.5, 0.6) is 11.5 Å². The molecule has 0 aliphatic carbocycles. The number of benzene rings is 4. The van der Waals surface area contributed by atoms with Crippen molar-refractivity contribution >= 4 is 50.7 Å². The van der Waals surface area contributed by atoms with Crippen LogP contribution >= 0.6 is 27.3 Å². The molecule has 5 aromatic rings. The van der Waals surface area contributed by atoms with Gasteiger partial charge in [-0.05, 0) is 82.0 Å². The van der Waals surface area contributed by atoms with Gasteiger partial charge in [0.05, 0.1) is 45.0 Å². The van der Waals surface area contributed by atoms with Crippen LogP contribution in [0.2, 0.25) is 0 Å². The Kier molecular flexibility index (Phi) is 9.65. The Morgan fingerprint density at radius 1 is 1.04 bits per heavy atom. The highest BCUT2D eigenvalue weighted by Crippen LogP contribution is 2.36. The molecule has 4 aromatic carbocycles. The molecule has 2 heterocycles. The van der Waals surface area contributed by atoms with Crippen LogP contribution in [-0.2, 0) is 16.1 Å². The van der Waals surface area contributed by atoms with Crippen LogP contribution in [-0.4, -0.2) is 29.2 Å². The third-order valence-corrected chi connectivity index (χ3v) is 9.18. The number of thiazole rings is 1. The van der Waals surface area contributed by atoms with Crippen LogP contribution in [0.3, 0.4) is 0 Å². The van der Waals surface area contributed by atoms with Crippen LogP contribution in [0.25, 0.3) is 11.8 Å². The summed E-state index contributed by atoms with van der Waals surface area (Å²) < 4.78 is 19.6. The first-order chi connectivity index (χ1) is 23.3. The Labute approximate surface area is 287 Å². The quantitative estimate of drug-likeness (QED) is 0.0956. The summed E-state index contributed by atoms with van der Waals surface area (Å²) in [5.74, 6) is 0.587. The van der Waals surface area contributed by atoms with Gasteiger partial charge >= 0.3 is 5.97 Å². The summed E-state index contributed by atoms with van der Waals surface area (Å²) in [6.07, 6.45) is 1.77. The van der Waals surface area contributed by atoms with E-state index in [0.29, 0.717) is 36.6 Å². The van der Waals surface area contributed by atoms with Gasteiger partial charge in [0.25, 0.3) is 11.2 Å². The number of nitrogens with zero attached hydrogens (tertiary/aromatic N) is 3. The van der Waals surface area contributed by atoms with Gasteiger partial charge in [-0.1, -0.05) is 59.9 Å². The molecule has 0 saturated carbocycles. The molecule has 0 saturated heterocycles. The standard InChI is InChI=1S/C36H28BrN3O7S/c1-3-46-35(42)31-32(24-8-5-4-6-9-24)38-36-39(33(31)25-10-7-11-27(20-25)45-2)34(41)30(48-36)19-23-14-17-29(28(37)18-23)47-21-22-12-15-26(16-13-22)40(43)44/h4-20,33H,3,21H2,1-2H3/b30-19-/t33-/m1/s1. The number of nitro groups is 1. The molecule has 10 nitrogen and oxygen atoms in total. The first-order valence-electron chi connectivity index (χ1n) is 14.9. The minimum absolute atomic E-state index is 0.0118. The molecule has 1 aliphatic rings. The smallest absolute Gasteiger partial charge is 0.338 e. The van der Waals surface area contributed by atoms with E-state index in [-0.39, 0.29) is 30.0 Å². The first-order valence-corrected chi connectivity index (χ1v) is 16.5. The van der Waals surface area contributed by atoms with Crippen LogP contribution < -0.4 is 24.4 Å². The maximum Gasteiger partial charge on any atom is 0.338 e. The summed E-state index contributed by atoms with van der Waals surface area (Å²) in [7, 11) is 1.56. The Morgan fingerprint density at radius 3 is 2.50 bits per heavy atom. The number of fused-ring (bicyclic) bond motifs is 1. The predicted octanol–water partition coefficient (Wildman–Crippen LogP) is 6.19. The molecule has 0 N–H and O–H groups in total. The van der Waals surface area contributed by atoms with E-state index < -0.39 is 16.9 Å². The van der Waals surface area contributed by atoms with Crippen molar-refractivity contribution in [3.8, 4) is 11.5 Å². The molecule has 0 bridgehead atoms. The van der Waals surface area contributed by atoms with E-state index in [1.807, 2.05) is 60.7 Å². The largest absolute Gasteiger partial charge is 0.497 e. The molecule has 1 aromatic heterocycles. The normalized spacial score (nSPS) is 14.2. The zero-order chi connectivity index (χ0) is 33.8. The van der Waals surface area contributed by atoms with Gasteiger partial charge in [-0.2, -0.15) is 0 Å². The Balaban J connectivity index is 1.42. The van der Waals surface area contributed by atoms with E-state index in [0.717, 1.165) is 16.7 Å². The van der Waals surface area contributed by atoms with Crippen molar-refractivity contribution < 1.29 is 23.9 Å². The number of hydrogen-bond acceptors (Lipinski definition) is 9. The number of nitro benzene ring substituents is 1. The van der Waals surface area contributed by atoms with E-state index in [9.17, 15) is 19.7 Å². The van der Waals surface area contributed by atoms with Gasteiger partial charge in [-0.3, -0.25) is 19.5 Å². The van der Waals surface area contributed by atoms with Crippen molar-refractivity contribution in [2.45, 2.75) is 19.6 Å². The predicted molar refractivity (Wildman–Crippen MR) is 186 cm³/mol. The van der Waals surface area contributed by atoms with E-state index in [2.05, 4.69) is 15.9 Å². The molecule has 1 aliphatic heterocycles. The number of halogens is 1. The summed E-state index contributed by atoms with van der Waals surface area (Å²) in [6.45, 7) is 2.11. The fourth-order valence-corrected chi connectivity index (χ4v) is 6.83. The number of non-ortho nitro benzene ring substituents is 1. The van der Waals surface area contributed by atoms with Gasteiger partial charge in [0.1, 0.15) is 18.1 Å². The summed E-state index contributed by atoms with van der Waals surface area (Å²) in [6, 6.07) is 27.4. The van der Waals surface area contributed by atoms with Gasteiger partial charge < -0.3 is 14.2 Å². The number of ether oxygens (including phenoxy) is 3. The second-order valence-electron chi connectivity index (χ2n) is 10.6. The fourth-order valence-electron chi connectivity index (χ4n) is 5.32. The highest BCUT2D eigenvalue weighted by Gasteiger charge is 2.35. The number of carbonyl (C=O) groups is 1. The molecular weight excluding hydrogens is 698 g/mol. The molecule has 242 valence electrons. The van der Waals surface area contributed by atoms with Gasteiger partial charge in [0.2, 0.25) is 0 Å². The Hall–Kier alpha value is -5.33. The van der Waals surface area contributed by atoms with Crippen molar-refractivity contribution in [1.82, 2.24) is 4.57 Å². The number of rotatable bonds is 10. The van der Waals surface area contributed by atoms with Gasteiger partial charge in [0, 0.05) is 17.7 Å². The molecule has 0 radical (unpaired) electrons. The highest BCUT2D eigenvalue weighted by atomic mass is 79.9. The zero-order valence-electron chi connectivity index (χ0n) is 25.8. The second kappa shape index (κ2) is 14.2. The lowest BCUT2D eigenvalue weighted by Crippen LogP contribution is -2.40. The number of aromatic nitrogens is 1. The van der Waals surface area contributed by atoms with E-state index in [1.165, 1.54) is 23.5 Å². The van der Waals surface area contributed by atoms with Gasteiger partial charge in [0.15, 0.2) is 4.80 Å². The second-order valence-corrected chi connectivity index (χ2v) is 12.5. The minimum atomic E-state index is -0.824. The van der Waals surface area contributed by atoms with Gasteiger partial charge in [-0.15, -0.1) is 0 Å². The molecule has 48 heavy (non-hydrogen) atoms. The van der Waals surface area contributed by atoms with Crippen molar-refractivity contribution in [1.29, 1.82) is 0 Å². The molecule has 0 spiro atoms. The maximum absolute atomic E-state index is 14.2. The topological polar surface area (TPSA) is 122 Å². The highest BCUT2D eigenvalue weighted by molar-refractivity contribution is 9.10. The average molecular weight is 727 g/mol. The summed E-state index contributed by atoms with van der Waals surface area (Å²) >= 11 is 4.79. The monoisotopic (exact) mass is 725 g/mol. The van der Waals surface area contributed by atoms with Crippen LogP contribution in [0.1, 0.15) is 35.2 Å². The zero-order valence-corrected chi connectivity index (χ0v) is 28.2. The van der Waals surface area contributed by atoms with Crippen molar-refractivity contribution in [3.05, 3.63) is 159 Å². The van der Waals surface area contributed by atoms with Crippen molar-refractivity contribution in [2.24, 2.45) is 4.99 Å². The fraction of sp³-hybridized carbons (Fsp3) is 0.139. The Bertz CT molecular complexity index is 2230. The van der Waals surface area contributed by atoms with Crippen molar-refractivity contribution in [3.63, 3.8) is 0 Å². The number of hydrogen-bond donors (Lipinski definition) is 0. The SMILES string of the molecule is CCOC(=O)C1=C(c2ccccc2)N=c2s/c(=C\c3ccc(OCc4ccc([N+](=O)[O-])cc4)c(Br)c3)c(=O)n2[C@@H]1c1cccc(OC)c1. The average Bonchev–Trinajstić information content (AvgIpc) is 3.41. The summed E-state index contributed by atoms with van der Waals surface area (Å²) in [4.78, 5) is 43.7. The maximum atomic E-state index is 14.2. The van der Waals surface area contributed by atoms with Crippen LogP contribution in [0, 0.1) is 10.1 Å². The number of methoxy groups -OCH3 is 1. The lowest BCUT2D eigenvalue weighted by Gasteiger charge is -2.26. The third-order valence-electron chi connectivity index (χ3n) is 7.58. The lowest BCUT2D eigenvalue weighted by atomic mass is 9.93. The summed E-state index contributed by atoms with van der Waals surface area (Å²) in [5.41, 5.74) is 3.30. The van der Waals surface area contributed by atoms with E-state index in [1.54, 1.807) is 48.9 Å². The van der Waals surface area contributed by atoms with E-state index >= 15 is 0 Å². The van der Waals surface area contributed by atoms with E-state index in [4.69, 9.17) is 19.2 Å². The number of esters is 1. The minimum Gasteiger partial charge on any atom is -0.497 e. The number of carbonyl (C=O) groups excluding carboxylic acids is 1. The van der Waals surface area contributed by atoms with Crippen LogP contribution in [0.15, 0.2) is 117 Å². The van der Waals surface area contributed by atoms with Crippen LogP contribution in [0.4, 0.5) is 5.69 Å². The molecular formula is C36H28BrN3O7S. The first kappa shape index (κ1) is 32.6. The third kappa shape index (κ3) is 6.71. The lowest BCUT2D eigenvalue weighted by molar-refractivity contribution is -0.384. The molecule has 0 unspecified atom stereocenters. The van der Waals surface area contributed by atoms with Crippen molar-refractivity contribution in [2.75, 3.05) is 13.7 Å². The Morgan fingerprint density at radius 2 is 1.81 bits per heavy atom. The molecule has 6 rings (SSSR count).